The number of carbonyl (C=O) groups is 2. The van der Waals surface area contributed by atoms with Crippen molar-refractivity contribution in [2.45, 2.75) is 46.4 Å². The second-order valence-electron chi connectivity index (χ2n) is 4.52. The molecule has 0 bridgehead atoms. The van der Waals surface area contributed by atoms with E-state index in [9.17, 15) is 14.4 Å². The van der Waals surface area contributed by atoms with Gasteiger partial charge in [0.25, 0.3) is 5.91 Å². The van der Waals surface area contributed by atoms with Crippen LogP contribution in [0.3, 0.4) is 0 Å². The summed E-state index contributed by atoms with van der Waals surface area (Å²) in [5, 5.41) is 4.32. The summed E-state index contributed by atoms with van der Waals surface area (Å²) >= 11 is 1.03. The van der Waals surface area contributed by atoms with E-state index in [1.54, 1.807) is 12.3 Å². The Morgan fingerprint density at radius 1 is 1.42 bits per heavy atom. The third-order valence-electron chi connectivity index (χ3n) is 2.37. The SMILES string of the molecule is Cc1csc(=O)n1CC(=O)O[C@H](C)C(=O)NC(C)C. The van der Waals surface area contributed by atoms with Gasteiger partial charge in [0.05, 0.1) is 0 Å². The number of hydrogen-bond donors (Lipinski definition) is 1. The molecule has 1 rings (SSSR count). The molecular weight excluding hydrogens is 268 g/mol. The van der Waals surface area contributed by atoms with Crippen molar-refractivity contribution in [3.8, 4) is 0 Å². The topological polar surface area (TPSA) is 77.4 Å². The molecule has 0 fully saturated rings. The zero-order chi connectivity index (χ0) is 14.6. The molecule has 19 heavy (non-hydrogen) atoms. The fraction of sp³-hybridized carbons (Fsp3) is 0.583. The van der Waals surface area contributed by atoms with E-state index >= 15 is 0 Å². The second-order valence-corrected chi connectivity index (χ2v) is 5.35. The van der Waals surface area contributed by atoms with Gasteiger partial charge in [-0.05, 0) is 27.7 Å². The quantitative estimate of drug-likeness (QED) is 0.807. The number of ether oxygens (including phenoxy) is 1. The van der Waals surface area contributed by atoms with E-state index in [0.717, 1.165) is 11.3 Å². The van der Waals surface area contributed by atoms with Crippen molar-refractivity contribution in [2.75, 3.05) is 0 Å². The molecule has 0 aliphatic rings. The number of hydrogen-bond acceptors (Lipinski definition) is 5. The van der Waals surface area contributed by atoms with Crippen molar-refractivity contribution >= 4 is 23.2 Å². The lowest BCUT2D eigenvalue weighted by molar-refractivity contribution is -0.155. The van der Waals surface area contributed by atoms with Gasteiger partial charge in [0.1, 0.15) is 6.54 Å². The van der Waals surface area contributed by atoms with Gasteiger partial charge in [-0.2, -0.15) is 0 Å². The van der Waals surface area contributed by atoms with Gasteiger partial charge in [-0.25, -0.2) is 0 Å². The average Bonchev–Trinajstić information content (AvgIpc) is 2.59. The molecule has 1 aromatic heterocycles. The fourth-order valence-corrected chi connectivity index (χ4v) is 2.15. The van der Waals surface area contributed by atoms with Crippen LogP contribution in [0.2, 0.25) is 0 Å². The van der Waals surface area contributed by atoms with Gasteiger partial charge in [-0.15, -0.1) is 0 Å². The molecule has 1 N–H and O–H groups in total. The van der Waals surface area contributed by atoms with Crippen LogP contribution in [-0.4, -0.2) is 28.6 Å². The van der Waals surface area contributed by atoms with Crippen molar-refractivity contribution < 1.29 is 14.3 Å². The first-order valence-corrected chi connectivity index (χ1v) is 6.84. The molecule has 0 aromatic carbocycles. The molecule has 0 saturated carbocycles. The smallest absolute Gasteiger partial charge is 0.326 e. The van der Waals surface area contributed by atoms with Crippen molar-refractivity contribution in [1.29, 1.82) is 0 Å². The molecule has 0 spiro atoms. The third-order valence-corrected chi connectivity index (χ3v) is 3.25. The first-order chi connectivity index (χ1) is 8.81. The number of rotatable bonds is 5. The van der Waals surface area contributed by atoms with Crippen LogP contribution >= 0.6 is 11.3 Å². The molecule has 1 heterocycles. The van der Waals surface area contributed by atoms with Crippen LogP contribution in [0.4, 0.5) is 0 Å². The summed E-state index contributed by atoms with van der Waals surface area (Å²) < 4.78 is 6.31. The van der Waals surface area contributed by atoms with E-state index in [1.165, 1.54) is 11.5 Å². The summed E-state index contributed by atoms with van der Waals surface area (Å²) in [6.45, 7) is 6.70. The number of nitrogens with zero attached hydrogens (tertiary/aromatic N) is 1. The number of nitrogens with one attached hydrogen (secondary N) is 1. The van der Waals surface area contributed by atoms with Crippen LogP contribution < -0.4 is 10.2 Å². The maximum absolute atomic E-state index is 11.7. The Kier molecular flexibility index (Phi) is 5.29. The van der Waals surface area contributed by atoms with Crippen molar-refractivity contribution in [3.05, 3.63) is 20.7 Å². The number of thiazole rings is 1. The Morgan fingerprint density at radius 2 is 2.05 bits per heavy atom. The number of aryl methyl sites for hydroxylation is 1. The summed E-state index contributed by atoms with van der Waals surface area (Å²) in [6.07, 6.45) is -0.871. The van der Waals surface area contributed by atoms with Crippen LogP contribution in [0.5, 0.6) is 0 Å². The maximum atomic E-state index is 11.7. The number of amides is 1. The highest BCUT2D eigenvalue weighted by Gasteiger charge is 2.19. The Hall–Kier alpha value is -1.63. The molecule has 0 saturated heterocycles. The third kappa shape index (κ3) is 4.51. The minimum Gasteiger partial charge on any atom is -0.451 e. The van der Waals surface area contributed by atoms with Crippen molar-refractivity contribution in [1.82, 2.24) is 9.88 Å². The van der Waals surface area contributed by atoms with Gasteiger partial charge in [0, 0.05) is 17.1 Å². The van der Waals surface area contributed by atoms with Gasteiger partial charge in [-0.3, -0.25) is 19.0 Å². The van der Waals surface area contributed by atoms with Gasteiger partial charge in [0.2, 0.25) is 0 Å². The van der Waals surface area contributed by atoms with Gasteiger partial charge < -0.3 is 10.1 Å². The van der Waals surface area contributed by atoms with Crippen molar-refractivity contribution in [3.63, 3.8) is 0 Å². The normalized spacial score (nSPS) is 12.3. The molecule has 1 amide bonds. The summed E-state index contributed by atoms with van der Waals surface area (Å²) in [4.78, 5) is 34.4. The van der Waals surface area contributed by atoms with E-state index in [2.05, 4.69) is 5.32 Å². The Balaban J connectivity index is 2.56. The largest absolute Gasteiger partial charge is 0.451 e. The van der Waals surface area contributed by atoms with Crippen LogP contribution in [0.25, 0.3) is 0 Å². The lowest BCUT2D eigenvalue weighted by atomic mass is 10.3. The van der Waals surface area contributed by atoms with Crippen LogP contribution in [0, 0.1) is 6.92 Å². The molecule has 0 unspecified atom stereocenters. The number of esters is 1. The van der Waals surface area contributed by atoms with Crippen molar-refractivity contribution in [2.24, 2.45) is 0 Å². The Labute approximate surface area is 115 Å². The zero-order valence-electron chi connectivity index (χ0n) is 11.4. The molecule has 106 valence electrons. The molecule has 0 aliphatic heterocycles. The highest BCUT2D eigenvalue weighted by Crippen LogP contribution is 2.01. The first kappa shape index (κ1) is 15.4. The summed E-state index contributed by atoms with van der Waals surface area (Å²) in [5.41, 5.74) is 0.700. The van der Waals surface area contributed by atoms with Crippen LogP contribution in [-0.2, 0) is 20.9 Å². The van der Waals surface area contributed by atoms with E-state index in [-0.39, 0.29) is 23.4 Å². The fourth-order valence-electron chi connectivity index (χ4n) is 1.42. The lowest BCUT2D eigenvalue weighted by Crippen LogP contribution is -2.40. The predicted octanol–water partition coefficient (Wildman–Crippen LogP) is 0.675. The first-order valence-electron chi connectivity index (χ1n) is 5.96. The zero-order valence-corrected chi connectivity index (χ0v) is 12.2. The van der Waals surface area contributed by atoms with E-state index in [1.807, 2.05) is 13.8 Å². The van der Waals surface area contributed by atoms with E-state index in [4.69, 9.17) is 4.74 Å². The molecule has 0 aliphatic carbocycles. The predicted molar refractivity (Wildman–Crippen MR) is 72.1 cm³/mol. The van der Waals surface area contributed by atoms with Gasteiger partial charge in [0.15, 0.2) is 6.10 Å². The van der Waals surface area contributed by atoms with Gasteiger partial charge in [-0.1, -0.05) is 11.3 Å². The molecule has 7 heteroatoms. The number of aromatic nitrogens is 1. The lowest BCUT2D eigenvalue weighted by Gasteiger charge is -2.15. The minimum absolute atomic E-state index is 0.0182. The molecule has 6 nitrogen and oxygen atoms in total. The minimum atomic E-state index is -0.871. The molecular formula is C12H18N2O4S. The monoisotopic (exact) mass is 286 g/mol. The summed E-state index contributed by atoms with van der Waals surface area (Å²) in [5.74, 6) is -0.951. The Bertz CT molecular complexity index is 518. The molecule has 1 atom stereocenters. The standard InChI is InChI=1S/C12H18N2O4S/c1-7(2)13-11(16)9(4)18-10(15)5-14-8(3)6-19-12(14)17/h6-7,9H,5H2,1-4H3,(H,13,16)/t9-/m1/s1. The Morgan fingerprint density at radius 3 is 2.53 bits per heavy atom. The summed E-state index contributed by atoms with van der Waals surface area (Å²) in [7, 11) is 0. The summed E-state index contributed by atoms with van der Waals surface area (Å²) in [6, 6.07) is -0.0182. The average molecular weight is 286 g/mol. The van der Waals surface area contributed by atoms with E-state index in [0.29, 0.717) is 5.69 Å². The second kappa shape index (κ2) is 6.51. The highest BCUT2D eigenvalue weighted by atomic mass is 32.1. The highest BCUT2D eigenvalue weighted by molar-refractivity contribution is 7.07. The van der Waals surface area contributed by atoms with Crippen LogP contribution in [0.1, 0.15) is 26.5 Å². The molecule has 0 radical (unpaired) electrons. The van der Waals surface area contributed by atoms with Crippen LogP contribution in [0.15, 0.2) is 10.2 Å². The molecule has 1 aromatic rings. The van der Waals surface area contributed by atoms with Gasteiger partial charge >= 0.3 is 10.8 Å². The van der Waals surface area contributed by atoms with E-state index < -0.39 is 12.1 Å². The number of carbonyl (C=O) groups excluding carboxylic acids is 2. The maximum Gasteiger partial charge on any atom is 0.326 e.